The molecule has 0 saturated carbocycles. The van der Waals surface area contributed by atoms with Crippen molar-refractivity contribution in [2.45, 2.75) is 0 Å². The van der Waals surface area contributed by atoms with Gasteiger partial charge in [-0.15, -0.1) is 6.42 Å². The van der Waals surface area contributed by atoms with Crippen molar-refractivity contribution < 1.29 is 0 Å². The highest BCUT2D eigenvalue weighted by Gasteiger charge is 2.00. The van der Waals surface area contributed by atoms with Crippen molar-refractivity contribution in [3.05, 3.63) is 60.2 Å². The van der Waals surface area contributed by atoms with Crippen LogP contribution in [0.15, 0.2) is 42.5 Å². The zero-order valence-corrected chi connectivity index (χ0v) is 8.62. The van der Waals surface area contributed by atoms with Gasteiger partial charge in [-0.05, 0) is 51.9 Å². The molecule has 0 aliphatic rings. The van der Waals surface area contributed by atoms with Gasteiger partial charge in [-0.25, -0.2) is 0 Å². The minimum Gasteiger partial charge on any atom is -0.115 e. The Morgan fingerprint density at radius 2 is 1.88 bits per heavy atom. The molecular weight excluding hydrogens is 192 g/mol. The quantitative estimate of drug-likeness (QED) is 0.384. The lowest BCUT2D eigenvalue weighted by Crippen LogP contribution is -1.81. The summed E-state index contributed by atoms with van der Waals surface area (Å²) in [7, 11) is 0. The third-order valence-corrected chi connectivity index (χ3v) is 2.76. The maximum atomic E-state index is 5.47. The average Bonchev–Trinajstić information content (AvgIpc) is 2.35. The molecule has 0 heterocycles. The number of hydrogen-bond acceptors (Lipinski definition) is 0. The van der Waals surface area contributed by atoms with Gasteiger partial charge in [0.15, 0.2) is 0 Å². The normalized spacial score (nSPS) is 10.4. The molecule has 2 radical (unpaired) electrons. The van der Waals surface area contributed by atoms with Gasteiger partial charge in [-0.3, -0.25) is 0 Å². The summed E-state index contributed by atoms with van der Waals surface area (Å²) >= 11 is 0. The molecule has 72 valence electrons. The lowest BCUT2D eigenvalue weighted by Gasteiger charge is -2.03. The molecule has 0 heteroatoms. The number of terminal acetylenes is 1. The second-order valence-corrected chi connectivity index (χ2v) is 3.71. The topological polar surface area (TPSA) is 0 Å². The van der Waals surface area contributed by atoms with Gasteiger partial charge in [0, 0.05) is 5.56 Å². The molecule has 3 rings (SSSR count). The van der Waals surface area contributed by atoms with Gasteiger partial charge >= 0.3 is 0 Å². The van der Waals surface area contributed by atoms with Crippen molar-refractivity contribution >= 4 is 21.5 Å². The van der Waals surface area contributed by atoms with Crippen molar-refractivity contribution in [3.8, 4) is 12.3 Å². The lowest BCUT2D eigenvalue weighted by atomic mass is 10.0. The minimum absolute atomic E-state index is 0.826. The third-order valence-electron chi connectivity index (χ3n) is 2.76. The van der Waals surface area contributed by atoms with E-state index in [0.717, 1.165) is 16.3 Å². The van der Waals surface area contributed by atoms with E-state index in [1.165, 1.54) is 10.8 Å². The lowest BCUT2D eigenvalue weighted by molar-refractivity contribution is 1.70. The predicted molar refractivity (Wildman–Crippen MR) is 67.1 cm³/mol. The highest BCUT2D eigenvalue weighted by molar-refractivity contribution is 6.00. The molecule has 0 aliphatic heterocycles. The van der Waals surface area contributed by atoms with Gasteiger partial charge in [0.1, 0.15) is 0 Å². The molecule has 0 bridgehead atoms. The molecule has 3 aromatic carbocycles. The Labute approximate surface area is 94.5 Å². The Morgan fingerprint density at radius 3 is 2.75 bits per heavy atom. The van der Waals surface area contributed by atoms with E-state index in [1.54, 1.807) is 0 Å². The van der Waals surface area contributed by atoms with Crippen molar-refractivity contribution in [1.82, 2.24) is 0 Å². The number of rotatable bonds is 0. The molecule has 0 fully saturated rings. The second-order valence-electron chi connectivity index (χ2n) is 3.71. The molecule has 0 nitrogen and oxygen atoms in total. The fraction of sp³-hybridized carbons (Fsp3) is 0. The zero-order valence-electron chi connectivity index (χ0n) is 8.62. The van der Waals surface area contributed by atoms with Crippen molar-refractivity contribution in [2.75, 3.05) is 0 Å². The highest BCUT2D eigenvalue weighted by Crippen LogP contribution is 2.24. The Morgan fingerprint density at radius 1 is 1.00 bits per heavy atom. The summed E-state index contributed by atoms with van der Waals surface area (Å²) < 4.78 is 0. The summed E-state index contributed by atoms with van der Waals surface area (Å²) in [6, 6.07) is 20.3. The van der Waals surface area contributed by atoms with E-state index in [0.29, 0.717) is 0 Å². The van der Waals surface area contributed by atoms with E-state index in [2.05, 4.69) is 30.2 Å². The molecule has 3 aromatic rings. The van der Waals surface area contributed by atoms with Gasteiger partial charge in [0.2, 0.25) is 0 Å². The molecule has 0 spiro atoms. The van der Waals surface area contributed by atoms with Gasteiger partial charge in [-0.1, -0.05) is 30.2 Å². The van der Waals surface area contributed by atoms with Gasteiger partial charge < -0.3 is 0 Å². The molecule has 16 heavy (non-hydrogen) atoms. The van der Waals surface area contributed by atoms with Crippen LogP contribution >= 0.6 is 0 Å². The van der Waals surface area contributed by atoms with Crippen LogP contribution in [0.5, 0.6) is 0 Å². The molecule has 0 amide bonds. The molecule has 0 unspecified atom stereocenters. The van der Waals surface area contributed by atoms with Crippen molar-refractivity contribution in [2.24, 2.45) is 0 Å². The summed E-state index contributed by atoms with van der Waals surface area (Å²) in [5.74, 6) is 2.67. The zero-order chi connectivity index (χ0) is 11.0. The maximum Gasteiger partial charge on any atom is 0.0400 e. The molecule has 0 saturated heterocycles. The number of hydrogen-bond donors (Lipinski definition) is 0. The standard InChI is InChI=1S/C16H8/c1-2-12-8-5-9-15-10-13-6-3-4-7-14(13)11-16(12)15/h1,4-7,9-11H. The monoisotopic (exact) mass is 200 g/mol. The molecular formula is C16H8. The van der Waals surface area contributed by atoms with Gasteiger partial charge in [0.25, 0.3) is 0 Å². The van der Waals surface area contributed by atoms with E-state index < -0.39 is 0 Å². The molecule has 0 atom stereocenters. The average molecular weight is 200 g/mol. The number of fused-ring (bicyclic) bond motifs is 2. The van der Waals surface area contributed by atoms with Crippen LogP contribution in [0.3, 0.4) is 0 Å². The Bertz CT molecular complexity index is 715. The summed E-state index contributed by atoms with van der Waals surface area (Å²) in [4.78, 5) is 0. The maximum absolute atomic E-state index is 5.47. The number of benzene rings is 3. The summed E-state index contributed by atoms with van der Waals surface area (Å²) in [5.41, 5.74) is 0.826. The van der Waals surface area contributed by atoms with Crippen LogP contribution in [-0.2, 0) is 0 Å². The van der Waals surface area contributed by atoms with E-state index >= 15 is 0 Å². The van der Waals surface area contributed by atoms with Crippen LogP contribution in [0.4, 0.5) is 0 Å². The van der Waals surface area contributed by atoms with E-state index in [9.17, 15) is 0 Å². The van der Waals surface area contributed by atoms with Crippen LogP contribution < -0.4 is 0 Å². The Balaban J connectivity index is 2.52. The van der Waals surface area contributed by atoms with Crippen LogP contribution in [0.1, 0.15) is 5.56 Å². The van der Waals surface area contributed by atoms with Crippen molar-refractivity contribution in [3.63, 3.8) is 0 Å². The third kappa shape index (κ3) is 1.26. The van der Waals surface area contributed by atoms with E-state index in [-0.39, 0.29) is 0 Å². The molecule has 0 aliphatic carbocycles. The SMILES string of the molecule is C#Cc1[c]ccc2cc3c[c]ccc3cc12. The van der Waals surface area contributed by atoms with Crippen LogP contribution in [0.2, 0.25) is 0 Å². The first-order valence-electron chi connectivity index (χ1n) is 5.09. The van der Waals surface area contributed by atoms with E-state index in [1.807, 2.05) is 30.3 Å². The molecule has 0 N–H and O–H groups in total. The van der Waals surface area contributed by atoms with Gasteiger partial charge in [-0.2, -0.15) is 0 Å². The summed E-state index contributed by atoms with van der Waals surface area (Å²) in [6.45, 7) is 0. The predicted octanol–water partition coefficient (Wildman–Crippen LogP) is 3.57. The van der Waals surface area contributed by atoms with Crippen LogP contribution in [-0.4, -0.2) is 0 Å². The molecule has 0 aromatic heterocycles. The van der Waals surface area contributed by atoms with Gasteiger partial charge in [0.05, 0.1) is 0 Å². The largest absolute Gasteiger partial charge is 0.115 e. The first-order chi connectivity index (χ1) is 7.88. The fourth-order valence-electron chi connectivity index (χ4n) is 1.96. The van der Waals surface area contributed by atoms with Crippen LogP contribution in [0, 0.1) is 24.5 Å². The summed E-state index contributed by atoms with van der Waals surface area (Å²) in [5, 5.41) is 4.61. The first-order valence-corrected chi connectivity index (χ1v) is 5.09. The Hall–Kier alpha value is -2.26. The second kappa shape index (κ2) is 3.40. The minimum atomic E-state index is 0.826. The highest BCUT2D eigenvalue weighted by atomic mass is 14.0. The summed E-state index contributed by atoms with van der Waals surface area (Å²) in [6.07, 6.45) is 5.47. The fourth-order valence-corrected chi connectivity index (χ4v) is 1.96. The van der Waals surface area contributed by atoms with Crippen molar-refractivity contribution in [1.29, 1.82) is 0 Å². The smallest absolute Gasteiger partial charge is 0.0400 e. The van der Waals surface area contributed by atoms with Crippen LogP contribution in [0.25, 0.3) is 21.5 Å². The first kappa shape index (κ1) is 9.00. The van der Waals surface area contributed by atoms with E-state index in [4.69, 9.17) is 6.42 Å². The Kier molecular flexibility index (Phi) is 1.91.